The van der Waals surface area contributed by atoms with Gasteiger partial charge in [0.15, 0.2) is 0 Å². The molecule has 2 rings (SSSR count). The summed E-state index contributed by atoms with van der Waals surface area (Å²) < 4.78 is 5.21. The first-order valence-corrected chi connectivity index (χ1v) is 7.60. The molecule has 21 heavy (non-hydrogen) atoms. The molecular weight excluding hydrogens is 268 g/mol. The van der Waals surface area contributed by atoms with Gasteiger partial charge in [-0.1, -0.05) is 12.1 Å². The molecule has 0 aromatic carbocycles. The van der Waals surface area contributed by atoms with Crippen LogP contribution in [0.2, 0.25) is 0 Å². The van der Waals surface area contributed by atoms with E-state index in [2.05, 4.69) is 15.4 Å². The maximum absolute atomic E-state index is 12.3. The summed E-state index contributed by atoms with van der Waals surface area (Å²) in [6, 6.07) is 0. The first-order chi connectivity index (χ1) is 10.0. The zero-order valence-electron chi connectivity index (χ0n) is 13.5. The molecule has 1 saturated heterocycles. The highest BCUT2D eigenvalue weighted by molar-refractivity contribution is 5.78. The Balaban J connectivity index is 1.85. The summed E-state index contributed by atoms with van der Waals surface area (Å²) in [4.78, 5) is 16.6. The number of hydrogen-bond donors (Lipinski definition) is 1. The van der Waals surface area contributed by atoms with Gasteiger partial charge in [-0.05, 0) is 20.9 Å². The fraction of sp³-hybridized carbons (Fsp3) is 0.733. The van der Waals surface area contributed by atoms with Crippen molar-refractivity contribution in [2.45, 2.75) is 27.3 Å². The zero-order chi connectivity index (χ0) is 15.4. The predicted molar refractivity (Wildman–Crippen MR) is 80.9 cm³/mol. The normalized spacial score (nSPS) is 18.0. The van der Waals surface area contributed by atoms with E-state index in [0.29, 0.717) is 0 Å². The van der Waals surface area contributed by atoms with Crippen molar-refractivity contribution in [1.29, 1.82) is 0 Å². The van der Waals surface area contributed by atoms with Crippen molar-refractivity contribution in [1.82, 2.24) is 20.3 Å². The first-order valence-electron chi connectivity index (χ1n) is 7.60. The van der Waals surface area contributed by atoms with Gasteiger partial charge in [0.2, 0.25) is 5.91 Å². The van der Waals surface area contributed by atoms with E-state index in [-0.39, 0.29) is 11.8 Å². The van der Waals surface area contributed by atoms with Crippen molar-refractivity contribution in [3.63, 3.8) is 0 Å². The van der Waals surface area contributed by atoms with Crippen LogP contribution in [0, 0.1) is 19.8 Å². The third-order valence-corrected chi connectivity index (χ3v) is 4.18. The molecule has 0 radical (unpaired) electrons. The number of aromatic nitrogens is 1. The van der Waals surface area contributed by atoms with E-state index in [1.165, 1.54) is 5.56 Å². The van der Waals surface area contributed by atoms with Crippen molar-refractivity contribution in [2.75, 3.05) is 39.8 Å². The summed E-state index contributed by atoms with van der Waals surface area (Å²) in [6.45, 7) is 10.9. The number of carbonyl (C=O) groups excluding carboxylic acids is 1. The van der Waals surface area contributed by atoms with E-state index in [1.54, 1.807) is 0 Å². The molecule has 118 valence electrons. The average Bonchev–Trinajstić information content (AvgIpc) is 2.79. The molecule has 0 aliphatic carbocycles. The minimum atomic E-state index is 0.0455. The van der Waals surface area contributed by atoms with E-state index in [4.69, 9.17) is 4.52 Å². The van der Waals surface area contributed by atoms with Crippen molar-refractivity contribution in [2.24, 2.45) is 5.92 Å². The van der Waals surface area contributed by atoms with Crippen LogP contribution in [0.4, 0.5) is 0 Å². The van der Waals surface area contributed by atoms with Gasteiger partial charge in [0.25, 0.3) is 0 Å². The van der Waals surface area contributed by atoms with Crippen molar-refractivity contribution < 1.29 is 9.32 Å². The van der Waals surface area contributed by atoms with Gasteiger partial charge < -0.3 is 14.7 Å². The molecule has 1 unspecified atom stereocenters. The highest BCUT2D eigenvalue weighted by atomic mass is 16.5. The van der Waals surface area contributed by atoms with Gasteiger partial charge in [0.05, 0.1) is 5.69 Å². The lowest BCUT2D eigenvalue weighted by Crippen LogP contribution is -2.50. The maximum Gasteiger partial charge on any atom is 0.226 e. The third kappa shape index (κ3) is 3.83. The molecular formula is C15H26N4O2. The van der Waals surface area contributed by atoms with E-state index in [9.17, 15) is 4.79 Å². The van der Waals surface area contributed by atoms with Crippen LogP contribution in [0.3, 0.4) is 0 Å². The quantitative estimate of drug-likeness (QED) is 0.870. The molecule has 1 aromatic heterocycles. The fourth-order valence-electron chi connectivity index (χ4n) is 2.78. The second-order valence-corrected chi connectivity index (χ2v) is 5.86. The van der Waals surface area contributed by atoms with Gasteiger partial charge in [0, 0.05) is 50.7 Å². The van der Waals surface area contributed by atoms with Gasteiger partial charge >= 0.3 is 0 Å². The van der Waals surface area contributed by atoms with Crippen LogP contribution in [0.25, 0.3) is 0 Å². The van der Waals surface area contributed by atoms with Crippen LogP contribution in [0.15, 0.2) is 4.52 Å². The van der Waals surface area contributed by atoms with E-state index in [1.807, 2.05) is 32.7 Å². The first kappa shape index (κ1) is 16.0. The molecule has 1 amide bonds. The van der Waals surface area contributed by atoms with Gasteiger partial charge in [-0.25, -0.2) is 0 Å². The molecule has 2 heterocycles. The number of nitrogens with zero attached hydrogens (tertiary/aromatic N) is 3. The Morgan fingerprint density at radius 2 is 2.00 bits per heavy atom. The summed E-state index contributed by atoms with van der Waals surface area (Å²) in [5.41, 5.74) is 2.15. The summed E-state index contributed by atoms with van der Waals surface area (Å²) in [5.74, 6) is 1.19. The Bertz CT molecular complexity index is 459. The lowest BCUT2D eigenvalue weighted by molar-refractivity contribution is -0.136. The molecule has 0 spiro atoms. The number of amides is 1. The monoisotopic (exact) mass is 294 g/mol. The standard InChI is InChI=1S/C15H26N4O2/c1-11(9-16-4)15(20)19-7-5-18(6-8-19)10-14-12(2)17-21-13(14)3/h11,16H,5-10H2,1-4H3. The van der Waals surface area contributed by atoms with Crippen LogP contribution >= 0.6 is 0 Å². The number of nitrogens with one attached hydrogen (secondary N) is 1. The predicted octanol–water partition coefficient (Wildman–Crippen LogP) is 0.791. The van der Waals surface area contributed by atoms with Crippen molar-refractivity contribution in [3.05, 3.63) is 17.0 Å². The second kappa shape index (κ2) is 7.04. The Morgan fingerprint density at radius 1 is 1.33 bits per heavy atom. The van der Waals surface area contributed by atoms with Gasteiger partial charge in [-0.3, -0.25) is 9.69 Å². The van der Waals surface area contributed by atoms with Crippen LogP contribution in [-0.4, -0.2) is 60.6 Å². The van der Waals surface area contributed by atoms with Crippen LogP contribution < -0.4 is 5.32 Å². The molecule has 1 aliphatic rings. The molecule has 1 fully saturated rings. The SMILES string of the molecule is CNCC(C)C(=O)N1CCN(Cc2c(C)noc2C)CC1. The Labute approximate surface area is 126 Å². The fourth-order valence-corrected chi connectivity index (χ4v) is 2.78. The summed E-state index contributed by atoms with van der Waals surface area (Å²) in [6.07, 6.45) is 0. The summed E-state index contributed by atoms with van der Waals surface area (Å²) in [5, 5.41) is 7.06. The van der Waals surface area contributed by atoms with Crippen molar-refractivity contribution in [3.8, 4) is 0 Å². The van der Waals surface area contributed by atoms with Gasteiger partial charge in [-0.15, -0.1) is 0 Å². The molecule has 0 saturated carbocycles. The Morgan fingerprint density at radius 3 is 2.52 bits per heavy atom. The second-order valence-electron chi connectivity index (χ2n) is 5.86. The number of piperazine rings is 1. The number of aryl methyl sites for hydroxylation is 2. The molecule has 6 heteroatoms. The summed E-state index contributed by atoms with van der Waals surface area (Å²) >= 11 is 0. The third-order valence-electron chi connectivity index (χ3n) is 4.18. The highest BCUT2D eigenvalue weighted by Gasteiger charge is 2.25. The molecule has 1 aliphatic heterocycles. The number of carbonyl (C=O) groups is 1. The number of hydrogen-bond acceptors (Lipinski definition) is 5. The summed E-state index contributed by atoms with van der Waals surface area (Å²) in [7, 11) is 1.88. The van der Waals surface area contributed by atoms with E-state index < -0.39 is 0 Å². The molecule has 0 bridgehead atoms. The Kier molecular flexibility index (Phi) is 5.36. The van der Waals surface area contributed by atoms with Crippen molar-refractivity contribution >= 4 is 5.91 Å². The minimum absolute atomic E-state index is 0.0455. The van der Waals surface area contributed by atoms with Gasteiger partial charge in [-0.2, -0.15) is 0 Å². The largest absolute Gasteiger partial charge is 0.361 e. The Hall–Kier alpha value is -1.40. The van der Waals surface area contributed by atoms with E-state index in [0.717, 1.165) is 50.7 Å². The minimum Gasteiger partial charge on any atom is -0.361 e. The van der Waals surface area contributed by atoms with Gasteiger partial charge in [0.1, 0.15) is 5.76 Å². The lowest BCUT2D eigenvalue weighted by Gasteiger charge is -2.36. The molecule has 1 atom stereocenters. The molecule has 1 aromatic rings. The average molecular weight is 294 g/mol. The smallest absolute Gasteiger partial charge is 0.226 e. The zero-order valence-corrected chi connectivity index (χ0v) is 13.5. The molecule has 1 N–H and O–H groups in total. The van der Waals surface area contributed by atoms with Crippen LogP contribution in [-0.2, 0) is 11.3 Å². The molecule has 6 nitrogen and oxygen atoms in total. The van der Waals surface area contributed by atoms with Crippen LogP contribution in [0.1, 0.15) is 23.9 Å². The maximum atomic E-state index is 12.3. The number of rotatable bonds is 5. The topological polar surface area (TPSA) is 61.6 Å². The highest BCUT2D eigenvalue weighted by Crippen LogP contribution is 2.16. The van der Waals surface area contributed by atoms with E-state index >= 15 is 0 Å². The lowest BCUT2D eigenvalue weighted by atomic mass is 10.1. The van der Waals surface area contributed by atoms with Crippen LogP contribution in [0.5, 0.6) is 0 Å².